The van der Waals surface area contributed by atoms with Crippen LogP contribution in [-0.2, 0) is 28.0 Å². The van der Waals surface area contributed by atoms with Gasteiger partial charge >= 0.3 is 11.9 Å². The number of ether oxygens (including phenoxy) is 1. The number of carbonyl (C=O) groups is 3. The van der Waals surface area contributed by atoms with E-state index in [1.807, 2.05) is 35.7 Å². The molecule has 1 unspecified atom stereocenters. The topological polar surface area (TPSA) is 179 Å². The predicted octanol–water partition coefficient (Wildman–Crippen LogP) is 1.96. The second-order valence-electron chi connectivity index (χ2n) is 8.38. The van der Waals surface area contributed by atoms with Crippen LogP contribution >= 0.6 is 0 Å². The Morgan fingerprint density at radius 3 is 2.53 bits per heavy atom. The average Bonchev–Trinajstić information content (AvgIpc) is 3.18. The summed E-state index contributed by atoms with van der Waals surface area (Å²) in [6.45, 7) is 0.449. The Hall–Kier alpha value is -5.26. The van der Waals surface area contributed by atoms with E-state index in [4.69, 9.17) is 15.9 Å². The number of esters is 1. The third kappa shape index (κ3) is 5.59. The summed E-state index contributed by atoms with van der Waals surface area (Å²) < 4.78 is 7.11. The molecule has 4 N–H and O–H groups in total. The SMILES string of the molecule is CN(Cc1nc2cc(OC(=O)C(C(=O)O)C(=O)[N]c3ccccn3)ccc2n1C)c1ccc(C(=N)N)cc1. The van der Waals surface area contributed by atoms with E-state index >= 15 is 0 Å². The molecule has 193 valence electrons. The molecule has 1 radical (unpaired) electrons. The highest BCUT2D eigenvalue weighted by molar-refractivity contribution is 6.14. The van der Waals surface area contributed by atoms with E-state index in [-0.39, 0.29) is 17.4 Å². The number of aromatic nitrogens is 3. The van der Waals surface area contributed by atoms with Crippen molar-refractivity contribution in [2.45, 2.75) is 6.54 Å². The molecule has 0 saturated carbocycles. The predicted molar refractivity (Wildman–Crippen MR) is 138 cm³/mol. The first-order valence-corrected chi connectivity index (χ1v) is 11.4. The van der Waals surface area contributed by atoms with Crippen LogP contribution < -0.4 is 20.7 Å². The van der Waals surface area contributed by atoms with E-state index < -0.39 is 23.8 Å². The van der Waals surface area contributed by atoms with Crippen molar-refractivity contribution in [2.75, 3.05) is 11.9 Å². The summed E-state index contributed by atoms with van der Waals surface area (Å²) in [7, 11) is 3.75. The highest BCUT2D eigenvalue weighted by Gasteiger charge is 2.37. The van der Waals surface area contributed by atoms with Gasteiger partial charge in [0.05, 0.1) is 17.6 Å². The second-order valence-corrected chi connectivity index (χ2v) is 8.38. The van der Waals surface area contributed by atoms with Gasteiger partial charge in [-0.2, -0.15) is 5.32 Å². The van der Waals surface area contributed by atoms with Crippen molar-refractivity contribution < 1.29 is 24.2 Å². The van der Waals surface area contributed by atoms with Gasteiger partial charge in [0.25, 0.3) is 5.91 Å². The smallest absolute Gasteiger partial charge is 0.335 e. The van der Waals surface area contributed by atoms with Crippen LogP contribution in [-0.4, -0.2) is 50.4 Å². The minimum absolute atomic E-state index is 0.00676. The third-order valence-electron chi connectivity index (χ3n) is 5.76. The van der Waals surface area contributed by atoms with E-state index in [2.05, 4.69) is 15.3 Å². The standard InChI is InChI=1S/C26H24N7O5/c1-32(16-8-6-15(7-9-16)23(27)28)14-21-30-18-13-17(10-11-19(18)33(21)2)38-26(37)22(25(35)36)24(34)31-20-5-3-4-12-29-20/h3-13,22H,14H2,1-2H3,(H3,27,28)(H,35,36). The number of nitrogens with one attached hydrogen (secondary N) is 1. The minimum Gasteiger partial charge on any atom is -0.480 e. The number of aliphatic carboxylic acids is 1. The van der Waals surface area contributed by atoms with Crippen LogP contribution in [0.2, 0.25) is 0 Å². The molecule has 0 fully saturated rings. The normalized spacial score (nSPS) is 11.5. The van der Waals surface area contributed by atoms with Gasteiger partial charge < -0.3 is 25.0 Å². The van der Waals surface area contributed by atoms with Crippen LogP contribution in [0.3, 0.4) is 0 Å². The molecule has 0 aliphatic heterocycles. The number of hydrogen-bond acceptors (Lipinski definition) is 8. The lowest BCUT2D eigenvalue weighted by atomic mass is 10.1. The van der Waals surface area contributed by atoms with E-state index in [1.54, 1.807) is 30.3 Å². The first-order chi connectivity index (χ1) is 18.1. The van der Waals surface area contributed by atoms with Gasteiger partial charge in [-0.15, -0.1) is 0 Å². The van der Waals surface area contributed by atoms with Crippen molar-refractivity contribution in [3.63, 3.8) is 0 Å². The minimum atomic E-state index is -2.14. The molecule has 12 nitrogen and oxygen atoms in total. The number of nitrogens with two attached hydrogens (primary N) is 1. The number of amides is 1. The molecule has 12 heteroatoms. The summed E-state index contributed by atoms with van der Waals surface area (Å²) in [6.07, 6.45) is 1.39. The highest BCUT2D eigenvalue weighted by Crippen LogP contribution is 2.24. The number of carboxylic acid groups (broad SMARTS) is 1. The Bertz CT molecular complexity index is 1520. The zero-order valence-corrected chi connectivity index (χ0v) is 20.5. The fourth-order valence-electron chi connectivity index (χ4n) is 3.71. The molecule has 0 aliphatic carbocycles. The summed E-state index contributed by atoms with van der Waals surface area (Å²) in [6, 6.07) is 16.5. The van der Waals surface area contributed by atoms with Gasteiger partial charge in [0, 0.05) is 37.6 Å². The Kier molecular flexibility index (Phi) is 7.33. The zero-order chi connectivity index (χ0) is 27.4. The molecule has 4 aromatic rings. The molecule has 2 aromatic carbocycles. The number of rotatable bonds is 9. The maximum Gasteiger partial charge on any atom is 0.335 e. The first-order valence-electron chi connectivity index (χ1n) is 11.4. The van der Waals surface area contributed by atoms with Crippen molar-refractivity contribution >= 4 is 46.2 Å². The van der Waals surface area contributed by atoms with Crippen LogP contribution in [0.4, 0.5) is 11.5 Å². The summed E-state index contributed by atoms with van der Waals surface area (Å²) in [4.78, 5) is 47.1. The van der Waals surface area contributed by atoms with Crippen LogP contribution in [0.15, 0.2) is 66.9 Å². The quantitative estimate of drug-likeness (QED) is 0.0989. The lowest BCUT2D eigenvalue weighted by Gasteiger charge is -2.19. The molecule has 0 bridgehead atoms. The van der Waals surface area contributed by atoms with Gasteiger partial charge in [0.2, 0.25) is 5.92 Å². The van der Waals surface area contributed by atoms with Gasteiger partial charge in [0.15, 0.2) is 5.82 Å². The number of pyridine rings is 1. The summed E-state index contributed by atoms with van der Waals surface area (Å²) >= 11 is 0. The van der Waals surface area contributed by atoms with Crippen molar-refractivity contribution in [2.24, 2.45) is 18.7 Å². The maximum absolute atomic E-state index is 12.6. The Morgan fingerprint density at radius 1 is 1.16 bits per heavy atom. The number of hydrogen-bond donors (Lipinski definition) is 3. The highest BCUT2D eigenvalue weighted by atomic mass is 16.5. The Balaban J connectivity index is 1.49. The number of amidine groups is 1. The number of aryl methyl sites for hydroxylation is 1. The molecule has 1 amide bonds. The first kappa shape index (κ1) is 25.8. The number of benzene rings is 2. The van der Waals surface area contributed by atoms with Crippen molar-refractivity contribution in [1.82, 2.24) is 19.9 Å². The number of carboxylic acids is 1. The van der Waals surface area contributed by atoms with Gasteiger partial charge in [-0.1, -0.05) is 6.07 Å². The third-order valence-corrected chi connectivity index (χ3v) is 5.76. The molecule has 2 aromatic heterocycles. The summed E-state index contributed by atoms with van der Waals surface area (Å²) in [5.74, 6) is -5.55. The summed E-state index contributed by atoms with van der Waals surface area (Å²) in [5.41, 5.74) is 8.33. The van der Waals surface area contributed by atoms with E-state index in [9.17, 15) is 19.5 Å². The number of carbonyl (C=O) groups excluding carboxylic acids is 2. The molecule has 2 heterocycles. The fourth-order valence-corrected chi connectivity index (χ4v) is 3.71. The molecular formula is C26H24N7O5. The molecular weight excluding hydrogens is 490 g/mol. The van der Waals surface area contributed by atoms with Crippen LogP contribution in [0.25, 0.3) is 11.0 Å². The number of nitrogens with zero attached hydrogens (tertiary/aromatic N) is 5. The Labute approximate surface area is 217 Å². The zero-order valence-electron chi connectivity index (χ0n) is 20.5. The van der Waals surface area contributed by atoms with Crippen molar-refractivity contribution in [3.05, 3.63) is 78.2 Å². The average molecular weight is 515 g/mol. The lowest BCUT2D eigenvalue weighted by molar-refractivity contribution is -0.156. The monoisotopic (exact) mass is 514 g/mol. The molecule has 0 aliphatic rings. The van der Waals surface area contributed by atoms with Crippen molar-refractivity contribution in [1.29, 1.82) is 5.41 Å². The molecule has 0 spiro atoms. The second kappa shape index (κ2) is 10.8. The van der Waals surface area contributed by atoms with Gasteiger partial charge in [-0.25, -0.2) is 9.97 Å². The van der Waals surface area contributed by atoms with Gasteiger partial charge in [-0.3, -0.25) is 19.8 Å². The number of anilines is 1. The number of nitrogen functional groups attached to an aromatic ring is 1. The van der Waals surface area contributed by atoms with E-state index in [0.717, 1.165) is 17.0 Å². The maximum atomic E-state index is 12.6. The Morgan fingerprint density at radius 2 is 1.89 bits per heavy atom. The van der Waals surface area contributed by atoms with Crippen molar-refractivity contribution in [3.8, 4) is 5.75 Å². The number of imidazole rings is 1. The largest absolute Gasteiger partial charge is 0.480 e. The van der Waals surface area contributed by atoms with Crippen LogP contribution in [0.5, 0.6) is 5.75 Å². The van der Waals surface area contributed by atoms with Gasteiger partial charge in [0.1, 0.15) is 17.4 Å². The van der Waals surface area contributed by atoms with Crippen LogP contribution in [0.1, 0.15) is 11.4 Å². The molecule has 0 saturated heterocycles. The fraction of sp³-hybridized carbons (Fsp3) is 0.154. The van der Waals surface area contributed by atoms with Crippen LogP contribution in [0, 0.1) is 11.3 Å². The van der Waals surface area contributed by atoms with E-state index in [0.29, 0.717) is 17.6 Å². The van der Waals surface area contributed by atoms with E-state index in [1.165, 1.54) is 24.4 Å². The molecule has 4 rings (SSSR count). The molecule has 38 heavy (non-hydrogen) atoms. The lowest BCUT2D eigenvalue weighted by Crippen LogP contribution is -2.38. The molecule has 1 atom stereocenters. The summed E-state index contributed by atoms with van der Waals surface area (Å²) in [5, 5.41) is 20.6. The number of fused-ring (bicyclic) bond motifs is 1. The van der Waals surface area contributed by atoms with Gasteiger partial charge in [-0.05, 0) is 48.5 Å².